The highest BCUT2D eigenvalue weighted by Gasteiger charge is 2.28. The van der Waals surface area contributed by atoms with Crippen molar-refractivity contribution in [2.75, 3.05) is 30.8 Å². The van der Waals surface area contributed by atoms with E-state index in [1.165, 1.54) is 31.8 Å². The van der Waals surface area contributed by atoms with Gasteiger partial charge in [0.25, 0.3) is 0 Å². The van der Waals surface area contributed by atoms with Gasteiger partial charge in [-0.1, -0.05) is 17.7 Å². The van der Waals surface area contributed by atoms with Gasteiger partial charge in [0.2, 0.25) is 5.95 Å². The molecule has 1 saturated heterocycles. The molecule has 1 aromatic carbocycles. The molecule has 1 saturated carbocycles. The standard InChI is InChI=1S/C24H32ClN7O3S/c1-14(2)36(33,34)22(26)20(13-27-3)30-23-18(25)12-29-24(32-23)31-19-7-4-15(16-8-9-28-11-16)10-21(19)35-17-5-6-17/h4,7,10,12-14,16-17,26-28H,5-6,8-9,11H2,1-3H3,(H2,29,30,31,32)/b20-13+,26-22?. The average molecular weight is 534 g/mol. The topological polar surface area (TPSA) is 141 Å². The van der Waals surface area contributed by atoms with E-state index in [4.69, 9.17) is 21.7 Å². The van der Waals surface area contributed by atoms with Crippen LogP contribution in [0.15, 0.2) is 36.3 Å². The lowest BCUT2D eigenvalue weighted by Crippen LogP contribution is -2.28. The van der Waals surface area contributed by atoms with Crippen LogP contribution in [0.1, 0.15) is 44.6 Å². The summed E-state index contributed by atoms with van der Waals surface area (Å²) in [6, 6.07) is 6.13. The molecule has 4 rings (SSSR count). The molecule has 1 aliphatic carbocycles. The molecule has 2 aliphatic rings. The largest absolute Gasteiger partial charge is 0.488 e. The number of nitrogens with one attached hydrogen (secondary N) is 5. The van der Waals surface area contributed by atoms with E-state index in [1.54, 1.807) is 7.05 Å². The Kier molecular flexibility index (Phi) is 8.01. The molecule has 2 heterocycles. The highest BCUT2D eigenvalue weighted by Crippen LogP contribution is 2.37. The number of nitrogens with zero attached hydrogens (tertiary/aromatic N) is 2. The molecule has 36 heavy (non-hydrogen) atoms. The molecular weight excluding hydrogens is 502 g/mol. The van der Waals surface area contributed by atoms with Gasteiger partial charge in [-0.3, -0.25) is 5.41 Å². The van der Waals surface area contributed by atoms with Gasteiger partial charge in [-0.05, 0) is 63.3 Å². The third kappa shape index (κ3) is 6.08. The van der Waals surface area contributed by atoms with Gasteiger partial charge in [0.1, 0.15) is 10.8 Å². The lowest BCUT2D eigenvalue weighted by atomic mass is 9.98. The third-order valence-corrected chi connectivity index (χ3v) is 8.34. The zero-order valence-corrected chi connectivity index (χ0v) is 22.1. The number of anilines is 3. The SMILES string of the molecule is CN/C=C(/Nc1nc(Nc2ccc(C3CCNC3)cc2OC2CC2)ncc1Cl)C(=N)S(=O)(=O)C(C)C. The Morgan fingerprint density at radius 1 is 1.31 bits per heavy atom. The second-order valence-corrected chi connectivity index (χ2v) is 12.0. The minimum atomic E-state index is -3.82. The van der Waals surface area contributed by atoms with Gasteiger partial charge in [0.05, 0.1) is 28.9 Å². The van der Waals surface area contributed by atoms with Crippen LogP contribution in [-0.4, -0.2) is 54.9 Å². The summed E-state index contributed by atoms with van der Waals surface area (Å²) in [6.07, 6.45) is 6.17. The highest BCUT2D eigenvalue weighted by molar-refractivity contribution is 8.07. The van der Waals surface area contributed by atoms with Crippen LogP contribution in [0.2, 0.25) is 5.02 Å². The summed E-state index contributed by atoms with van der Waals surface area (Å²) in [5.41, 5.74) is 1.98. The number of benzene rings is 1. The maximum Gasteiger partial charge on any atom is 0.229 e. The number of sulfone groups is 1. The molecule has 0 bridgehead atoms. The van der Waals surface area contributed by atoms with Gasteiger partial charge in [-0.2, -0.15) is 4.98 Å². The van der Waals surface area contributed by atoms with Gasteiger partial charge in [-0.25, -0.2) is 13.4 Å². The summed E-state index contributed by atoms with van der Waals surface area (Å²) in [7, 11) is -2.21. The molecule has 10 nitrogen and oxygen atoms in total. The number of hydrogen-bond acceptors (Lipinski definition) is 10. The zero-order chi connectivity index (χ0) is 25.9. The fourth-order valence-electron chi connectivity index (χ4n) is 3.75. The Morgan fingerprint density at radius 3 is 2.72 bits per heavy atom. The van der Waals surface area contributed by atoms with Gasteiger partial charge in [0.15, 0.2) is 20.7 Å². The van der Waals surface area contributed by atoms with Gasteiger partial charge >= 0.3 is 0 Å². The third-order valence-electron chi connectivity index (χ3n) is 6.04. The van der Waals surface area contributed by atoms with Crippen LogP contribution in [0.3, 0.4) is 0 Å². The van der Waals surface area contributed by atoms with Crippen molar-refractivity contribution in [3.63, 3.8) is 0 Å². The predicted molar refractivity (Wildman–Crippen MR) is 143 cm³/mol. The van der Waals surface area contributed by atoms with E-state index in [0.717, 1.165) is 43.8 Å². The number of halogens is 1. The normalized spacial score (nSPS) is 18.2. The first kappa shape index (κ1) is 26.2. The highest BCUT2D eigenvalue weighted by atomic mass is 35.5. The van der Waals surface area contributed by atoms with E-state index < -0.39 is 20.1 Å². The van der Waals surface area contributed by atoms with E-state index in [1.807, 2.05) is 6.07 Å². The quantitative estimate of drug-likeness (QED) is 0.228. The lowest BCUT2D eigenvalue weighted by Gasteiger charge is -2.17. The molecule has 12 heteroatoms. The summed E-state index contributed by atoms with van der Waals surface area (Å²) in [6.45, 7) is 5.01. The number of hydrogen-bond donors (Lipinski definition) is 5. The molecule has 2 aromatic rings. The second-order valence-electron chi connectivity index (χ2n) is 9.17. The van der Waals surface area contributed by atoms with Gasteiger partial charge in [0, 0.05) is 19.8 Å². The van der Waals surface area contributed by atoms with Crippen molar-refractivity contribution in [1.82, 2.24) is 20.6 Å². The molecule has 1 unspecified atom stereocenters. The van der Waals surface area contributed by atoms with Crippen molar-refractivity contribution in [3.05, 3.63) is 46.9 Å². The van der Waals surface area contributed by atoms with E-state index in [0.29, 0.717) is 5.92 Å². The monoisotopic (exact) mass is 533 g/mol. The molecule has 2 fully saturated rings. The molecule has 0 amide bonds. The summed E-state index contributed by atoms with van der Waals surface area (Å²) >= 11 is 6.31. The fraction of sp³-hybridized carbons (Fsp3) is 0.458. The first-order chi connectivity index (χ1) is 17.2. The summed E-state index contributed by atoms with van der Waals surface area (Å²) in [4.78, 5) is 8.72. The van der Waals surface area contributed by atoms with Crippen LogP contribution < -0.4 is 26.0 Å². The lowest BCUT2D eigenvalue weighted by molar-refractivity contribution is 0.304. The molecular formula is C24H32ClN7O3S. The van der Waals surface area contributed by atoms with Crippen LogP contribution in [0.5, 0.6) is 5.75 Å². The Bertz CT molecular complexity index is 1260. The Hall–Kier alpha value is -2.89. The van der Waals surface area contributed by atoms with Gasteiger partial charge in [-0.15, -0.1) is 0 Å². The van der Waals surface area contributed by atoms with E-state index >= 15 is 0 Å². The average Bonchev–Trinajstić information content (AvgIpc) is 3.49. The smallest absolute Gasteiger partial charge is 0.229 e. The van der Waals surface area contributed by atoms with Crippen molar-refractivity contribution in [3.8, 4) is 5.75 Å². The zero-order valence-electron chi connectivity index (χ0n) is 20.6. The van der Waals surface area contributed by atoms with Crippen LogP contribution in [-0.2, 0) is 9.84 Å². The molecule has 1 aliphatic heterocycles. The molecule has 194 valence electrons. The molecule has 1 atom stereocenters. The Labute approximate surface area is 216 Å². The first-order valence-corrected chi connectivity index (χ1v) is 13.9. The fourth-order valence-corrected chi connectivity index (χ4v) is 4.78. The van der Waals surface area contributed by atoms with Crippen LogP contribution in [0.4, 0.5) is 17.5 Å². The molecule has 1 aromatic heterocycles. The first-order valence-electron chi connectivity index (χ1n) is 12.0. The second kappa shape index (κ2) is 11.0. The number of ether oxygens (including phenoxy) is 1. The van der Waals surface area contributed by atoms with Crippen LogP contribution in [0, 0.1) is 5.41 Å². The van der Waals surface area contributed by atoms with E-state index in [2.05, 4.69) is 43.4 Å². The maximum absolute atomic E-state index is 12.6. The number of aromatic nitrogens is 2. The van der Waals surface area contributed by atoms with Crippen molar-refractivity contribution < 1.29 is 13.2 Å². The molecule has 0 radical (unpaired) electrons. The van der Waals surface area contributed by atoms with Crippen molar-refractivity contribution in [2.45, 2.75) is 50.4 Å². The minimum absolute atomic E-state index is 0.0185. The molecule has 0 spiro atoms. The molecule has 5 N–H and O–H groups in total. The Morgan fingerprint density at radius 2 is 2.08 bits per heavy atom. The number of rotatable bonds is 10. The summed E-state index contributed by atoms with van der Waals surface area (Å²) < 4.78 is 31.3. The van der Waals surface area contributed by atoms with Crippen LogP contribution >= 0.6 is 11.6 Å². The van der Waals surface area contributed by atoms with Gasteiger partial charge < -0.3 is 26.0 Å². The van der Waals surface area contributed by atoms with E-state index in [-0.39, 0.29) is 28.6 Å². The minimum Gasteiger partial charge on any atom is -0.488 e. The van der Waals surface area contributed by atoms with E-state index in [9.17, 15) is 8.42 Å². The van der Waals surface area contributed by atoms with Crippen molar-refractivity contribution >= 4 is 43.9 Å². The van der Waals surface area contributed by atoms with Crippen molar-refractivity contribution in [2.24, 2.45) is 0 Å². The predicted octanol–water partition coefficient (Wildman–Crippen LogP) is 3.76. The van der Waals surface area contributed by atoms with Crippen molar-refractivity contribution in [1.29, 1.82) is 5.41 Å². The van der Waals surface area contributed by atoms with Crippen LogP contribution in [0.25, 0.3) is 0 Å². The Balaban J connectivity index is 1.59. The summed E-state index contributed by atoms with van der Waals surface area (Å²) in [5.74, 6) is 1.62. The maximum atomic E-state index is 12.6. The summed E-state index contributed by atoms with van der Waals surface area (Å²) in [5, 5.41) is 19.3.